The Bertz CT molecular complexity index is 1360. The molecule has 5 rings (SSSR count). The molecule has 2 amide bonds. The number of benzene rings is 2. The van der Waals surface area contributed by atoms with E-state index in [4.69, 9.17) is 10.5 Å². The smallest absolute Gasteiger partial charge is 0.487 e. The van der Waals surface area contributed by atoms with Gasteiger partial charge in [0.05, 0.1) is 0 Å². The maximum Gasteiger partial charge on any atom is 0.490 e. The Kier molecular flexibility index (Phi) is 8.00. The first-order valence-electron chi connectivity index (χ1n) is 14.2. The van der Waals surface area contributed by atoms with Gasteiger partial charge in [0.25, 0.3) is 11.8 Å². The molecule has 2 aromatic rings. The van der Waals surface area contributed by atoms with Crippen molar-refractivity contribution in [3.8, 4) is 5.75 Å². The molecule has 1 atom stereocenters. The number of carbonyl (C=O) groups is 3. The third-order valence-corrected chi connectivity index (χ3v) is 8.83. The molecule has 3 heterocycles. The van der Waals surface area contributed by atoms with E-state index in [9.17, 15) is 27.6 Å². The zero-order valence-electron chi connectivity index (χ0n) is 23.8. The van der Waals surface area contributed by atoms with Crippen LogP contribution in [0.4, 0.5) is 13.2 Å². The van der Waals surface area contributed by atoms with E-state index in [0.29, 0.717) is 13.1 Å². The van der Waals surface area contributed by atoms with Gasteiger partial charge in [-0.2, -0.15) is 13.2 Å². The van der Waals surface area contributed by atoms with Gasteiger partial charge in [-0.3, -0.25) is 14.5 Å². The number of ether oxygens (including phenoxy) is 2. The highest BCUT2D eigenvalue weighted by Crippen LogP contribution is 2.43. The first kappa shape index (κ1) is 29.9. The van der Waals surface area contributed by atoms with E-state index in [1.54, 1.807) is 4.90 Å². The molecule has 2 saturated heterocycles. The van der Waals surface area contributed by atoms with Crippen molar-refractivity contribution in [2.75, 3.05) is 26.2 Å². The Morgan fingerprint density at radius 1 is 0.976 bits per heavy atom. The van der Waals surface area contributed by atoms with Crippen LogP contribution in [-0.4, -0.2) is 65.5 Å². The number of nitrogens with zero attached hydrogens (tertiary/aromatic N) is 2. The molecule has 0 radical (unpaired) electrons. The van der Waals surface area contributed by atoms with Crippen molar-refractivity contribution in [2.24, 2.45) is 11.1 Å². The topological polar surface area (TPSA) is 102 Å². The summed E-state index contributed by atoms with van der Waals surface area (Å²) in [4.78, 5) is 41.0. The van der Waals surface area contributed by atoms with Crippen LogP contribution in [0, 0.1) is 5.41 Å². The number of likely N-dealkylation sites (tertiary alicyclic amines) is 2. The van der Waals surface area contributed by atoms with Gasteiger partial charge in [0.1, 0.15) is 11.4 Å². The first-order valence-corrected chi connectivity index (χ1v) is 14.2. The van der Waals surface area contributed by atoms with Gasteiger partial charge in [0.15, 0.2) is 0 Å². The van der Waals surface area contributed by atoms with E-state index < -0.39 is 30.1 Å². The highest BCUT2D eigenvalue weighted by Gasteiger charge is 2.44. The van der Waals surface area contributed by atoms with Gasteiger partial charge in [-0.1, -0.05) is 30.3 Å². The van der Waals surface area contributed by atoms with Crippen molar-refractivity contribution in [2.45, 2.75) is 70.4 Å². The van der Waals surface area contributed by atoms with E-state index in [1.807, 2.05) is 6.07 Å². The fraction of sp³-hybridized carbons (Fsp3) is 0.516. The Balaban J connectivity index is 1.20. The summed E-state index contributed by atoms with van der Waals surface area (Å²) >= 11 is 0. The minimum Gasteiger partial charge on any atom is -0.487 e. The SMILES string of the molecule is CC1(C)Cc2c(CN3CCC4(CC3)CCN(C(=O)c3ccccc3C(OC(=O)C(F)(F)F)C(N)=O)CC4)cccc2O1. The van der Waals surface area contributed by atoms with Crippen molar-refractivity contribution >= 4 is 17.8 Å². The number of halogens is 3. The lowest BCUT2D eigenvalue weighted by molar-refractivity contribution is -0.205. The highest BCUT2D eigenvalue weighted by molar-refractivity contribution is 5.98. The number of primary amides is 1. The number of piperidine rings is 2. The second-order valence-corrected chi connectivity index (χ2v) is 12.3. The van der Waals surface area contributed by atoms with E-state index >= 15 is 0 Å². The minimum absolute atomic E-state index is 0.00964. The summed E-state index contributed by atoms with van der Waals surface area (Å²) in [5.74, 6) is -3.30. The molecule has 0 bridgehead atoms. The summed E-state index contributed by atoms with van der Waals surface area (Å²) in [5.41, 5.74) is 7.64. The quantitative estimate of drug-likeness (QED) is 0.498. The number of amides is 2. The molecular weight excluding hydrogens is 551 g/mol. The van der Waals surface area contributed by atoms with Crippen LogP contribution >= 0.6 is 0 Å². The fourth-order valence-corrected chi connectivity index (χ4v) is 6.46. The van der Waals surface area contributed by atoms with Crippen LogP contribution in [0.3, 0.4) is 0 Å². The molecule has 0 aromatic heterocycles. The molecule has 1 spiro atoms. The molecule has 0 aliphatic carbocycles. The number of hydrogen-bond donors (Lipinski definition) is 1. The largest absolute Gasteiger partial charge is 0.490 e. The molecule has 1 unspecified atom stereocenters. The minimum atomic E-state index is -5.31. The molecule has 42 heavy (non-hydrogen) atoms. The Labute approximate surface area is 242 Å². The van der Waals surface area contributed by atoms with Crippen molar-refractivity contribution in [1.29, 1.82) is 0 Å². The maximum absolute atomic E-state index is 13.5. The summed E-state index contributed by atoms with van der Waals surface area (Å²) in [6.45, 7) is 7.96. The molecule has 8 nitrogen and oxygen atoms in total. The zero-order chi connectivity index (χ0) is 30.3. The standard InChI is InChI=1S/C31H36F3N3O5/c1-29(2)18-23-20(6-5-9-24(23)42-29)19-36-14-10-30(11-15-36)12-16-37(17-13-30)27(39)22-8-4-3-7-21(22)25(26(35)38)41-28(40)31(32,33)34/h3-9,25H,10-19H2,1-2H3,(H2,35,38). The average Bonchev–Trinajstić information content (AvgIpc) is 3.27. The molecule has 3 aliphatic heterocycles. The van der Waals surface area contributed by atoms with Crippen LogP contribution in [-0.2, 0) is 27.3 Å². The van der Waals surface area contributed by atoms with Crippen molar-refractivity contribution < 1.29 is 37.0 Å². The van der Waals surface area contributed by atoms with Crippen LogP contribution in [0.15, 0.2) is 42.5 Å². The van der Waals surface area contributed by atoms with Crippen molar-refractivity contribution in [3.63, 3.8) is 0 Å². The Morgan fingerprint density at radius 3 is 2.26 bits per heavy atom. The third kappa shape index (κ3) is 6.25. The lowest BCUT2D eigenvalue weighted by Gasteiger charge is -2.47. The lowest BCUT2D eigenvalue weighted by atomic mass is 9.71. The van der Waals surface area contributed by atoms with E-state index in [0.717, 1.165) is 57.5 Å². The molecule has 2 fully saturated rings. The van der Waals surface area contributed by atoms with Crippen molar-refractivity contribution in [3.05, 3.63) is 64.7 Å². The van der Waals surface area contributed by atoms with Gasteiger partial charge < -0.3 is 20.1 Å². The highest BCUT2D eigenvalue weighted by atomic mass is 19.4. The van der Waals surface area contributed by atoms with Crippen LogP contribution in [0.5, 0.6) is 5.75 Å². The molecule has 226 valence electrons. The van der Waals surface area contributed by atoms with Crippen molar-refractivity contribution in [1.82, 2.24) is 9.80 Å². The number of fused-ring (bicyclic) bond motifs is 1. The summed E-state index contributed by atoms with van der Waals surface area (Å²) < 4.78 is 48.9. The van der Waals surface area contributed by atoms with E-state index in [1.165, 1.54) is 35.4 Å². The number of rotatable bonds is 6. The zero-order valence-corrected chi connectivity index (χ0v) is 23.8. The summed E-state index contributed by atoms with van der Waals surface area (Å²) in [5, 5.41) is 0. The fourth-order valence-electron chi connectivity index (χ4n) is 6.46. The van der Waals surface area contributed by atoms with Crippen LogP contribution in [0.1, 0.15) is 72.7 Å². The van der Waals surface area contributed by atoms with Gasteiger partial charge in [-0.15, -0.1) is 0 Å². The molecule has 2 N–H and O–H groups in total. The maximum atomic E-state index is 13.5. The normalized spacial score (nSPS) is 20.5. The van der Waals surface area contributed by atoms with E-state index in [2.05, 4.69) is 35.6 Å². The van der Waals surface area contributed by atoms with Gasteiger partial charge in [0, 0.05) is 42.7 Å². The molecular formula is C31H36F3N3O5. The average molecular weight is 588 g/mol. The number of esters is 1. The van der Waals surface area contributed by atoms with Gasteiger partial charge in [-0.25, -0.2) is 4.79 Å². The predicted octanol–water partition coefficient (Wildman–Crippen LogP) is 4.55. The summed E-state index contributed by atoms with van der Waals surface area (Å²) in [6.07, 6.45) is -2.81. The third-order valence-electron chi connectivity index (χ3n) is 8.83. The number of hydrogen-bond acceptors (Lipinski definition) is 6. The second kappa shape index (κ2) is 11.2. The number of alkyl halides is 3. The molecule has 3 aliphatic rings. The van der Waals surface area contributed by atoms with Gasteiger partial charge >= 0.3 is 12.1 Å². The number of nitrogens with two attached hydrogens (primary N) is 1. The second-order valence-electron chi connectivity index (χ2n) is 12.3. The predicted molar refractivity (Wildman–Crippen MR) is 147 cm³/mol. The summed E-state index contributed by atoms with van der Waals surface area (Å²) in [7, 11) is 0. The molecule has 2 aromatic carbocycles. The van der Waals surface area contributed by atoms with E-state index in [-0.39, 0.29) is 22.1 Å². The van der Waals surface area contributed by atoms with Crippen LogP contribution in [0.2, 0.25) is 0 Å². The van der Waals surface area contributed by atoms with Gasteiger partial charge in [0.2, 0.25) is 6.10 Å². The van der Waals surface area contributed by atoms with Crippen LogP contribution < -0.4 is 10.5 Å². The summed E-state index contributed by atoms with van der Waals surface area (Å²) in [6, 6.07) is 11.9. The molecule has 0 saturated carbocycles. The number of carbonyl (C=O) groups excluding carboxylic acids is 3. The Hall–Kier alpha value is -3.60. The van der Waals surface area contributed by atoms with Gasteiger partial charge in [-0.05, 0) is 75.7 Å². The first-order chi connectivity index (χ1) is 19.8. The van der Waals surface area contributed by atoms with Crippen LogP contribution in [0.25, 0.3) is 0 Å². The Morgan fingerprint density at radius 2 is 1.62 bits per heavy atom. The molecule has 11 heteroatoms. The monoisotopic (exact) mass is 587 g/mol. The lowest BCUT2D eigenvalue weighted by Crippen LogP contribution is -2.48.